The van der Waals surface area contributed by atoms with E-state index in [1.54, 1.807) is 12.1 Å². The Labute approximate surface area is 147 Å². The molecule has 1 amide bonds. The summed E-state index contributed by atoms with van der Waals surface area (Å²) in [7, 11) is -3.30. The first kappa shape index (κ1) is 18.5. The highest BCUT2D eigenvalue weighted by Crippen LogP contribution is 2.20. The zero-order chi connectivity index (χ0) is 17.7. The first-order valence-electron chi connectivity index (χ1n) is 7.61. The smallest absolute Gasteiger partial charge is 0.224 e. The highest BCUT2D eigenvalue weighted by molar-refractivity contribution is 7.90. The predicted octanol–water partition coefficient (Wildman–Crippen LogP) is 4.01. The molecule has 2 rings (SSSR count). The van der Waals surface area contributed by atoms with Gasteiger partial charge in [-0.2, -0.15) is 0 Å². The lowest BCUT2D eigenvalue weighted by Gasteiger charge is -2.10. The molecule has 0 aliphatic heterocycles. The number of aryl methyl sites for hydroxylation is 2. The van der Waals surface area contributed by atoms with Crippen LogP contribution in [0.4, 0.5) is 5.69 Å². The molecule has 0 saturated carbocycles. The molecule has 0 atom stereocenters. The second-order valence-electron chi connectivity index (χ2n) is 5.78. The van der Waals surface area contributed by atoms with Gasteiger partial charge in [0.15, 0.2) is 9.84 Å². The third-order valence-corrected chi connectivity index (χ3v) is 5.06. The Morgan fingerprint density at radius 1 is 1.12 bits per heavy atom. The quantitative estimate of drug-likeness (QED) is 0.841. The third kappa shape index (κ3) is 5.35. The number of rotatable bonds is 6. The van der Waals surface area contributed by atoms with Crippen molar-refractivity contribution in [3.8, 4) is 0 Å². The van der Waals surface area contributed by atoms with Gasteiger partial charge in [0.1, 0.15) is 0 Å². The van der Waals surface area contributed by atoms with E-state index < -0.39 is 9.84 Å². The van der Waals surface area contributed by atoms with E-state index in [0.717, 1.165) is 23.8 Å². The minimum absolute atomic E-state index is 0.127. The fourth-order valence-corrected chi connectivity index (χ4v) is 3.06. The Morgan fingerprint density at radius 3 is 2.42 bits per heavy atom. The van der Waals surface area contributed by atoms with Gasteiger partial charge in [-0.25, -0.2) is 8.42 Å². The van der Waals surface area contributed by atoms with Crippen molar-refractivity contribution in [1.29, 1.82) is 0 Å². The van der Waals surface area contributed by atoms with Gasteiger partial charge in [-0.1, -0.05) is 29.8 Å². The highest BCUT2D eigenvalue weighted by Gasteiger charge is 2.11. The molecule has 0 fully saturated rings. The number of nitrogens with one attached hydrogen (secondary N) is 1. The zero-order valence-corrected chi connectivity index (χ0v) is 15.2. The molecule has 4 nitrogen and oxygen atoms in total. The topological polar surface area (TPSA) is 63.2 Å². The molecule has 2 aromatic carbocycles. The molecule has 0 heterocycles. The molecule has 0 saturated heterocycles. The summed E-state index contributed by atoms with van der Waals surface area (Å²) in [4.78, 5) is 12.3. The fraction of sp³-hybridized carbons (Fsp3) is 0.278. The van der Waals surface area contributed by atoms with Crippen molar-refractivity contribution in [3.05, 3.63) is 58.6 Å². The Hall–Kier alpha value is -1.85. The van der Waals surface area contributed by atoms with E-state index in [1.165, 1.54) is 6.07 Å². The average Bonchev–Trinajstić information content (AvgIpc) is 2.50. The van der Waals surface area contributed by atoms with Gasteiger partial charge in [0, 0.05) is 23.4 Å². The third-order valence-electron chi connectivity index (χ3n) is 3.69. The first-order chi connectivity index (χ1) is 11.3. The molecule has 0 aromatic heterocycles. The van der Waals surface area contributed by atoms with Crippen molar-refractivity contribution < 1.29 is 13.2 Å². The second-order valence-corrected chi connectivity index (χ2v) is 8.23. The van der Waals surface area contributed by atoms with Crippen LogP contribution in [0, 0.1) is 6.92 Å². The summed E-state index contributed by atoms with van der Waals surface area (Å²) in [6, 6.07) is 12.3. The van der Waals surface area contributed by atoms with E-state index in [0.29, 0.717) is 23.6 Å². The molecule has 0 aliphatic carbocycles. The summed E-state index contributed by atoms with van der Waals surface area (Å²) >= 11 is 5.84. The van der Waals surface area contributed by atoms with Gasteiger partial charge < -0.3 is 5.32 Å². The van der Waals surface area contributed by atoms with Gasteiger partial charge in [-0.3, -0.25) is 4.79 Å². The highest BCUT2D eigenvalue weighted by atomic mass is 35.5. The maximum Gasteiger partial charge on any atom is 0.224 e. The summed E-state index contributed by atoms with van der Waals surface area (Å²) in [6.07, 6.45) is 3.01. The summed E-state index contributed by atoms with van der Waals surface area (Å²) in [6.45, 7) is 1.83. The van der Waals surface area contributed by atoms with Crippen molar-refractivity contribution in [2.24, 2.45) is 0 Å². The molecule has 0 spiro atoms. The fourth-order valence-electron chi connectivity index (χ4n) is 2.28. The van der Waals surface area contributed by atoms with Crippen LogP contribution in [0.3, 0.4) is 0 Å². The number of amides is 1. The Balaban J connectivity index is 1.93. The molecule has 1 N–H and O–H groups in total. The number of hydrogen-bond donors (Lipinski definition) is 1. The molecule has 6 heteroatoms. The summed E-state index contributed by atoms with van der Waals surface area (Å²) < 4.78 is 23.2. The van der Waals surface area contributed by atoms with E-state index in [2.05, 4.69) is 5.32 Å². The Kier molecular flexibility index (Phi) is 6.02. The van der Waals surface area contributed by atoms with E-state index in [1.807, 2.05) is 31.2 Å². The van der Waals surface area contributed by atoms with Crippen LogP contribution in [0.15, 0.2) is 47.4 Å². The normalized spacial score (nSPS) is 11.3. The first-order valence-corrected chi connectivity index (χ1v) is 9.87. The Bertz CT molecular complexity index is 830. The van der Waals surface area contributed by atoms with Crippen LogP contribution in [0.1, 0.15) is 24.0 Å². The molecule has 0 radical (unpaired) electrons. The summed E-state index contributed by atoms with van der Waals surface area (Å²) in [5.74, 6) is -0.127. The summed E-state index contributed by atoms with van der Waals surface area (Å²) in [5.41, 5.74) is 2.49. The average molecular weight is 366 g/mol. The number of halogens is 1. The van der Waals surface area contributed by atoms with Crippen LogP contribution < -0.4 is 5.32 Å². The van der Waals surface area contributed by atoms with Crippen LogP contribution in [-0.4, -0.2) is 20.6 Å². The maximum absolute atomic E-state index is 12.1. The van der Waals surface area contributed by atoms with E-state index in [9.17, 15) is 13.2 Å². The predicted molar refractivity (Wildman–Crippen MR) is 97.3 cm³/mol. The van der Waals surface area contributed by atoms with Crippen molar-refractivity contribution in [1.82, 2.24) is 0 Å². The number of benzene rings is 2. The van der Waals surface area contributed by atoms with Crippen LogP contribution >= 0.6 is 11.6 Å². The van der Waals surface area contributed by atoms with Crippen LogP contribution in [-0.2, 0) is 21.1 Å². The van der Waals surface area contributed by atoms with E-state index in [4.69, 9.17) is 11.6 Å². The number of carbonyl (C=O) groups is 1. The summed E-state index contributed by atoms with van der Waals surface area (Å²) in [5, 5.41) is 3.49. The van der Waals surface area contributed by atoms with Gasteiger partial charge in [0.25, 0.3) is 0 Å². The zero-order valence-electron chi connectivity index (χ0n) is 13.7. The number of hydrogen-bond acceptors (Lipinski definition) is 3. The molecule has 0 aliphatic rings. The molecular formula is C18H20ClNO3S. The van der Waals surface area contributed by atoms with Crippen LogP contribution in [0.25, 0.3) is 0 Å². The molecular weight excluding hydrogens is 346 g/mol. The van der Waals surface area contributed by atoms with Crippen molar-refractivity contribution in [3.63, 3.8) is 0 Å². The van der Waals surface area contributed by atoms with Gasteiger partial charge in [0.05, 0.1) is 4.90 Å². The molecule has 0 unspecified atom stereocenters. The van der Waals surface area contributed by atoms with Gasteiger partial charge in [-0.15, -0.1) is 0 Å². The van der Waals surface area contributed by atoms with Gasteiger partial charge >= 0.3 is 0 Å². The number of sulfone groups is 1. The molecule has 128 valence electrons. The number of anilines is 1. The van der Waals surface area contributed by atoms with Crippen molar-refractivity contribution in [2.75, 3.05) is 11.6 Å². The monoisotopic (exact) mass is 365 g/mol. The minimum Gasteiger partial charge on any atom is -0.326 e. The SMILES string of the molecule is Cc1ccc(S(C)(=O)=O)cc1NC(=O)CCCc1ccc(Cl)cc1. The van der Waals surface area contributed by atoms with E-state index in [-0.39, 0.29) is 10.8 Å². The van der Waals surface area contributed by atoms with Crippen molar-refractivity contribution in [2.45, 2.75) is 31.1 Å². The van der Waals surface area contributed by atoms with Crippen molar-refractivity contribution >= 4 is 33.0 Å². The second kappa shape index (κ2) is 7.81. The van der Waals surface area contributed by atoms with Gasteiger partial charge in [-0.05, 0) is 55.2 Å². The lowest BCUT2D eigenvalue weighted by atomic mass is 10.1. The molecule has 0 bridgehead atoms. The standard InChI is InChI=1S/C18H20ClNO3S/c1-13-6-11-16(24(2,22)23)12-17(13)20-18(21)5-3-4-14-7-9-15(19)10-8-14/h6-12H,3-5H2,1-2H3,(H,20,21). The lowest BCUT2D eigenvalue weighted by Crippen LogP contribution is -2.13. The minimum atomic E-state index is -3.30. The number of carbonyl (C=O) groups excluding carboxylic acids is 1. The van der Waals surface area contributed by atoms with E-state index >= 15 is 0 Å². The maximum atomic E-state index is 12.1. The lowest BCUT2D eigenvalue weighted by molar-refractivity contribution is -0.116. The molecule has 24 heavy (non-hydrogen) atoms. The van der Waals surface area contributed by atoms with Gasteiger partial charge in [0.2, 0.25) is 5.91 Å². The largest absolute Gasteiger partial charge is 0.326 e. The molecule has 2 aromatic rings. The Morgan fingerprint density at radius 2 is 1.79 bits per heavy atom. The van der Waals surface area contributed by atoms with Crippen LogP contribution in [0.2, 0.25) is 5.02 Å². The van der Waals surface area contributed by atoms with Crippen LogP contribution in [0.5, 0.6) is 0 Å².